The number of hydrogen-bond acceptors (Lipinski definition) is 0. The van der Waals surface area contributed by atoms with Gasteiger partial charge in [0.15, 0.2) is 0 Å². The molecule has 0 aromatic heterocycles. The molecule has 1 saturated carbocycles. The van der Waals surface area contributed by atoms with Gasteiger partial charge in [-0.25, -0.2) is 0 Å². The molecule has 2 atom stereocenters. The summed E-state index contributed by atoms with van der Waals surface area (Å²) in [5, 5.41) is 0. The highest BCUT2D eigenvalue weighted by atomic mass is 31.2. The van der Waals surface area contributed by atoms with Crippen LogP contribution in [0.5, 0.6) is 0 Å². The average molecular weight is 201 g/mol. The fourth-order valence-electron chi connectivity index (χ4n) is 2.81. The Kier molecular flexibility index (Phi) is 3.81. The summed E-state index contributed by atoms with van der Waals surface area (Å²) < 4.78 is 0. The average Bonchev–Trinajstić information content (AvgIpc) is 2.45. The van der Waals surface area contributed by atoms with Crippen LogP contribution in [0.1, 0.15) is 39.5 Å². The first-order valence-electron chi connectivity index (χ1n) is 5.80. The Balaban J connectivity index is 2.58. The molecule has 1 aliphatic carbocycles. The Bertz CT molecular complexity index is 145. The molecule has 0 aromatic rings. The van der Waals surface area contributed by atoms with Crippen molar-refractivity contribution in [2.45, 2.75) is 45.2 Å². The number of hydrogen-bond donors (Lipinski definition) is 0. The summed E-state index contributed by atoms with van der Waals surface area (Å²) in [6.07, 6.45) is 5.89. The summed E-state index contributed by atoms with van der Waals surface area (Å²) in [6, 6.07) is 0. The molecular weight excluding hydrogens is 175 g/mol. The van der Waals surface area contributed by atoms with Crippen LogP contribution in [0.15, 0.2) is 0 Å². The van der Waals surface area contributed by atoms with Crippen molar-refractivity contribution < 1.29 is 0 Å². The minimum Gasteiger partial charge on any atom is -0.0651 e. The number of rotatable bonds is 3. The lowest BCUT2D eigenvalue weighted by atomic mass is 9.92. The summed E-state index contributed by atoms with van der Waals surface area (Å²) in [5.74, 6) is 2.10. The summed E-state index contributed by atoms with van der Waals surface area (Å²) in [5.41, 5.74) is 1.09. The minimum absolute atomic E-state index is 0.564. The van der Waals surface area contributed by atoms with Crippen LogP contribution in [0.2, 0.25) is 0 Å². The third-order valence-electron chi connectivity index (χ3n) is 3.96. The first-order valence-corrected chi connectivity index (χ1v) is 9.00. The second kappa shape index (κ2) is 4.30. The lowest BCUT2D eigenvalue weighted by molar-refractivity contribution is 0.367. The highest BCUT2D eigenvalue weighted by Gasteiger charge is 2.42. The van der Waals surface area contributed by atoms with Crippen molar-refractivity contribution in [1.82, 2.24) is 0 Å². The zero-order chi connectivity index (χ0) is 10.1. The van der Waals surface area contributed by atoms with E-state index in [-0.39, 0.29) is 0 Å². The molecule has 0 aliphatic heterocycles. The molecule has 0 spiro atoms. The fourth-order valence-corrected chi connectivity index (χ4v) is 4.62. The molecule has 0 bridgehead atoms. The Hall–Kier alpha value is 0.430. The van der Waals surface area contributed by atoms with E-state index in [4.69, 9.17) is 0 Å². The third kappa shape index (κ3) is 2.69. The molecule has 13 heavy (non-hydrogen) atoms. The zero-order valence-electron chi connectivity index (χ0n) is 10.0. The van der Waals surface area contributed by atoms with Gasteiger partial charge in [-0.05, 0) is 24.7 Å². The predicted molar refractivity (Wildman–Crippen MR) is 65.3 cm³/mol. The molecule has 2 unspecified atom stereocenters. The Labute approximate surface area is 84.8 Å². The molecule has 0 nitrogen and oxygen atoms in total. The maximum absolute atomic E-state index is 2.52. The van der Waals surface area contributed by atoms with Gasteiger partial charge < -0.3 is 0 Å². The lowest BCUT2D eigenvalue weighted by Gasteiger charge is -2.20. The van der Waals surface area contributed by atoms with E-state index in [0.717, 1.165) is 17.5 Å². The van der Waals surface area contributed by atoms with Gasteiger partial charge in [0.05, 0.1) is 5.66 Å². The van der Waals surface area contributed by atoms with Crippen molar-refractivity contribution in [1.29, 1.82) is 0 Å². The topological polar surface area (TPSA) is 0 Å². The maximum Gasteiger partial charge on any atom is 0.0695 e. The van der Waals surface area contributed by atoms with E-state index in [1.807, 2.05) is 0 Å². The van der Waals surface area contributed by atoms with Crippen LogP contribution >= 0.6 is 7.26 Å². The van der Waals surface area contributed by atoms with Gasteiger partial charge in [0.2, 0.25) is 0 Å². The summed E-state index contributed by atoms with van der Waals surface area (Å²) >= 11 is 0. The van der Waals surface area contributed by atoms with Gasteiger partial charge in [0, 0.05) is 27.3 Å². The van der Waals surface area contributed by atoms with Crippen LogP contribution < -0.4 is 0 Å². The van der Waals surface area contributed by atoms with Crippen molar-refractivity contribution in [3.05, 3.63) is 0 Å². The largest absolute Gasteiger partial charge is 0.0695 e. The molecule has 1 rings (SSSR count). The highest BCUT2D eigenvalue weighted by molar-refractivity contribution is 7.74. The van der Waals surface area contributed by atoms with Crippen molar-refractivity contribution in [3.8, 4) is 0 Å². The standard InChI is InChI=1S/C12H26P/c1-6-10-8-12(13(3,4)5)9-11(10)7-2/h10-12H,6-9H2,1-5H3/q+1. The Morgan fingerprint density at radius 3 is 1.54 bits per heavy atom. The van der Waals surface area contributed by atoms with Crippen molar-refractivity contribution >= 4 is 7.26 Å². The fraction of sp³-hybridized carbons (Fsp3) is 1.00. The van der Waals surface area contributed by atoms with Gasteiger partial charge in [-0.15, -0.1) is 0 Å². The van der Waals surface area contributed by atoms with E-state index < -0.39 is 7.26 Å². The normalized spacial score (nSPS) is 35.3. The first kappa shape index (κ1) is 11.5. The van der Waals surface area contributed by atoms with Crippen molar-refractivity contribution in [3.63, 3.8) is 0 Å². The van der Waals surface area contributed by atoms with Gasteiger partial charge in [-0.2, -0.15) is 0 Å². The molecule has 0 radical (unpaired) electrons. The zero-order valence-corrected chi connectivity index (χ0v) is 10.9. The van der Waals surface area contributed by atoms with Gasteiger partial charge in [0.1, 0.15) is 0 Å². The molecule has 78 valence electrons. The van der Waals surface area contributed by atoms with Crippen LogP contribution in [-0.4, -0.2) is 25.7 Å². The van der Waals surface area contributed by atoms with Crippen molar-refractivity contribution in [2.75, 3.05) is 20.0 Å². The predicted octanol–water partition coefficient (Wildman–Crippen LogP) is 4.11. The molecule has 0 aromatic carbocycles. The molecule has 0 N–H and O–H groups in total. The smallest absolute Gasteiger partial charge is 0.0651 e. The van der Waals surface area contributed by atoms with E-state index in [1.165, 1.54) is 25.7 Å². The summed E-state index contributed by atoms with van der Waals surface area (Å²) in [4.78, 5) is 0. The molecule has 0 saturated heterocycles. The lowest BCUT2D eigenvalue weighted by Crippen LogP contribution is -2.07. The van der Waals surface area contributed by atoms with Crippen molar-refractivity contribution in [2.24, 2.45) is 11.8 Å². The molecule has 1 heteroatoms. The molecule has 0 heterocycles. The van der Waals surface area contributed by atoms with Crippen LogP contribution in [0.3, 0.4) is 0 Å². The van der Waals surface area contributed by atoms with Gasteiger partial charge in [-0.3, -0.25) is 0 Å². The minimum atomic E-state index is -0.564. The quantitative estimate of drug-likeness (QED) is 0.603. The van der Waals surface area contributed by atoms with E-state index in [2.05, 4.69) is 33.8 Å². The van der Waals surface area contributed by atoms with E-state index >= 15 is 0 Å². The molecule has 1 fully saturated rings. The van der Waals surface area contributed by atoms with E-state index in [1.54, 1.807) is 0 Å². The Morgan fingerprint density at radius 1 is 0.923 bits per heavy atom. The van der Waals surface area contributed by atoms with E-state index in [9.17, 15) is 0 Å². The monoisotopic (exact) mass is 201 g/mol. The van der Waals surface area contributed by atoms with E-state index in [0.29, 0.717) is 0 Å². The first-order chi connectivity index (χ1) is 5.99. The molecular formula is C12H26P+. The van der Waals surface area contributed by atoms with Gasteiger partial charge in [0.25, 0.3) is 0 Å². The summed E-state index contributed by atoms with van der Waals surface area (Å²) in [6.45, 7) is 12.3. The maximum atomic E-state index is 2.52. The van der Waals surface area contributed by atoms with Crippen LogP contribution in [0, 0.1) is 11.8 Å². The van der Waals surface area contributed by atoms with Crippen LogP contribution in [0.25, 0.3) is 0 Å². The second-order valence-electron chi connectivity index (χ2n) is 5.58. The SMILES string of the molecule is CCC1CC([P+](C)(C)C)CC1CC. The van der Waals surface area contributed by atoms with Gasteiger partial charge in [-0.1, -0.05) is 26.7 Å². The van der Waals surface area contributed by atoms with Crippen LogP contribution in [0.4, 0.5) is 0 Å². The summed E-state index contributed by atoms with van der Waals surface area (Å²) in [7, 11) is -0.564. The molecule has 1 aliphatic rings. The third-order valence-corrected chi connectivity index (χ3v) is 6.57. The highest BCUT2D eigenvalue weighted by Crippen LogP contribution is 2.60. The Morgan fingerprint density at radius 2 is 1.31 bits per heavy atom. The van der Waals surface area contributed by atoms with Gasteiger partial charge >= 0.3 is 0 Å². The van der Waals surface area contributed by atoms with Crippen LogP contribution in [-0.2, 0) is 0 Å². The molecule has 0 amide bonds. The second-order valence-corrected chi connectivity index (χ2v) is 10.5.